The number of ether oxygens (including phenoxy) is 1. The second-order valence-corrected chi connectivity index (χ2v) is 11.8. The number of rotatable bonds is 4. The van der Waals surface area contributed by atoms with Crippen molar-refractivity contribution in [1.29, 1.82) is 0 Å². The first-order valence-corrected chi connectivity index (χ1v) is 13.1. The minimum atomic E-state index is -4.33. The number of benzene rings is 1. The second kappa shape index (κ2) is 8.87. The van der Waals surface area contributed by atoms with Gasteiger partial charge in [-0.2, -0.15) is 0 Å². The summed E-state index contributed by atoms with van der Waals surface area (Å²) in [5.74, 6) is 0.133. The highest BCUT2D eigenvalue weighted by Gasteiger charge is 2.58. The third kappa shape index (κ3) is 4.51. The zero-order chi connectivity index (χ0) is 26.0. The number of nitrogen functional groups attached to an aromatic ring is 1. The van der Waals surface area contributed by atoms with Gasteiger partial charge in [-0.05, 0) is 38.5 Å². The summed E-state index contributed by atoms with van der Waals surface area (Å²) in [6, 6.07) is 4.91. The molecule has 194 valence electrons. The van der Waals surface area contributed by atoms with Crippen LogP contribution in [0.1, 0.15) is 45.1 Å². The number of fused-ring (bicyclic) bond motifs is 1. The van der Waals surface area contributed by atoms with Crippen LogP contribution < -0.4 is 5.73 Å². The van der Waals surface area contributed by atoms with Gasteiger partial charge in [0.25, 0.3) is 0 Å². The van der Waals surface area contributed by atoms with Crippen LogP contribution in [0.2, 0.25) is 10.0 Å². The monoisotopic (exact) mass is 559 g/mol. The van der Waals surface area contributed by atoms with E-state index in [1.165, 1.54) is 24.1 Å². The molecular weight excluding hydrogens is 536 g/mol. The number of hydrogen-bond donors (Lipinski definition) is 3. The highest BCUT2D eigenvalue weighted by molar-refractivity contribution is 7.48. The second-order valence-electron chi connectivity index (χ2n) is 9.49. The smallest absolute Gasteiger partial charge is 0.385 e. The van der Waals surface area contributed by atoms with E-state index in [9.17, 15) is 14.8 Å². The zero-order valence-corrected chi connectivity index (χ0v) is 21.8. The van der Waals surface area contributed by atoms with E-state index in [0.717, 1.165) is 0 Å². The van der Waals surface area contributed by atoms with E-state index in [4.69, 9.17) is 47.2 Å². The minimum absolute atomic E-state index is 0.133. The first-order valence-electron chi connectivity index (χ1n) is 10.9. The number of aliphatic hydroxyl groups is 2. The van der Waals surface area contributed by atoms with Crippen LogP contribution in [0.5, 0.6) is 0 Å². The summed E-state index contributed by atoms with van der Waals surface area (Å²) in [5, 5.41) is 22.7. The Balaban J connectivity index is 1.42. The Morgan fingerprint density at radius 3 is 2.69 bits per heavy atom. The number of imidazole rings is 1. The fourth-order valence-corrected chi connectivity index (χ4v) is 6.35. The van der Waals surface area contributed by atoms with E-state index in [0.29, 0.717) is 22.0 Å². The molecular formula is C21H24Cl2N5O7P. The van der Waals surface area contributed by atoms with E-state index in [1.807, 2.05) is 0 Å². The Hall–Kier alpha value is -1.86. The van der Waals surface area contributed by atoms with E-state index in [-0.39, 0.29) is 17.0 Å². The molecule has 0 spiro atoms. The molecule has 1 aromatic carbocycles. The fraction of sp³-hybridized carbons (Fsp3) is 0.476. The molecule has 2 aromatic heterocycles. The van der Waals surface area contributed by atoms with Crippen LogP contribution in [-0.2, 0) is 22.9 Å². The maximum Gasteiger partial charge on any atom is 0.478 e. The summed E-state index contributed by atoms with van der Waals surface area (Å²) < 4.78 is 38.0. The normalized spacial score (nSPS) is 34.3. The number of anilines is 1. The average molecular weight is 560 g/mol. The third-order valence-corrected chi connectivity index (χ3v) is 8.54. The summed E-state index contributed by atoms with van der Waals surface area (Å²) in [7, 11) is -4.33. The standard InChI is InChI=1S/C21H24Cl2N5O7P/c1-20(2)7-13(10-4-5-11(22)12(23)6-10)33-36(31,35-20)34-18-15(29)21(3,30)19(32-18)28-9-27-14-16(24)25-8-26-17(14)28/h4-6,8-9,13,15,18-19,29-30H,7H2,1-3H3,(H2,24,25,26)/t13?,15-,18?,19-,21-,36?/m1/s1. The summed E-state index contributed by atoms with van der Waals surface area (Å²) >= 11 is 12.2. The van der Waals surface area contributed by atoms with Crippen LogP contribution in [0.4, 0.5) is 5.82 Å². The summed E-state index contributed by atoms with van der Waals surface area (Å²) in [5.41, 5.74) is 4.16. The molecule has 0 aliphatic carbocycles. The van der Waals surface area contributed by atoms with Crippen molar-refractivity contribution in [2.45, 2.75) is 63.1 Å². The van der Waals surface area contributed by atoms with E-state index < -0.39 is 43.8 Å². The number of aliphatic hydroxyl groups excluding tert-OH is 1. The molecule has 15 heteroatoms. The van der Waals surface area contributed by atoms with Crippen LogP contribution >= 0.6 is 31.0 Å². The molecule has 12 nitrogen and oxygen atoms in total. The number of nitrogens with zero attached hydrogens (tertiary/aromatic N) is 4. The van der Waals surface area contributed by atoms with Crippen molar-refractivity contribution in [1.82, 2.24) is 19.5 Å². The van der Waals surface area contributed by atoms with Gasteiger partial charge in [0.2, 0.25) is 6.29 Å². The molecule has 2 aliphatic rings. The summed E-state index contributed by atoms with van der Waals surface area (Å²) in [4.78, 5) is 12.2. The van der Waals surface area contributed by atoms with Gasteiger partial charge >= 0.3 is 7.82 Å². The molecule has 0 amide bonds. The van der Waals surface area contributed by atoms with E-state index >= 15 is 0 Å². The lowest BCUT2D eigenvalue weighted by atomic mass is 9.96. The topological polar surface area (TPSA) is 164 Å². The van der Waals surface area contributed by atoms with Gasteiger partial charge in [0.1, 0.15) is 23.5 Å². The summed E-state index contributed by atoms with van der Waals surface area (Å²) in [6.07, 6.45) is -2.29. The first-order chi connectivity index (χ1) is 16.8. The van der Waals surface area contributed by atoms with Gasteiger partial charge in [0.05, 0.1) is 28.1 Å². The average Bonchev–Trinajstić information content (AvgIpc) is 3.29. The number of halogens is 2. The van der Waals surface area contributed by atoms with Crippen LogP contribution in [0.25, 0.3) is 11.2 Å². The molecule has 2 fully saturated rings. The van der Waals surface area contributed by atoms with Crippen molar-refractivity contribution in [3.8, 4) is 0 Å². The van der Waals surface area contributed by atoms with Crippen LogP contribution in [0, 0.1) is 0 Å². The highest BCUT2D eigenvalue weighted by atomic mass is 35.5. The predicted molar refractivity (Wildman–Crippen MR) is 129 cm³/mol. The van der Waals surface area contributed by atoms with E-state index in [2.05, 4.69) is 15.0 Å². The Bertz CT molecular complexity index is 1370. The van der Waals surface area contributed by atoms with Gasteiger partial charge in [-0.15, -0.1) is 0 Å². The number of hydrogen-bond acceptors (Lipinski definition) is 11. The van der Waals surface area contributed by atoms with Crippen molar-refractivity contribution < 1.29 is 33.1 Å². The SMILES string of the molecule is CC1(C)CC(c2ccc(Cl)c(Cl)c2)OP(=O)(OC2O[C@@H](n3cnc4c(N)ncnc43)[C@](C)(O)[C@@H]2O)O1. The molecule has 4 heterocycles. The number of phosphoric ester groups is 1. The van der Waals surface area contributed by atoms with Gasteiger partial charge < -0.3 is 20.7 Å². The maximum atomic E-state index is 13.7. The zero-order valence-electron chi connectivity index (χ0n) is 19.4. The predicted octanol–water partition coefficient (Wildman–Crippen LogP) is 3.76. The summed E-state index contributed by atoms with van der Waals surface area (Å²) in [6.45, 7) is 4.79. The Morgan fingerprint density at radius 1 is 1.22 bits per heavy atom. The van der Waals surface area contributed by atoms with Gasteiger partial charge in [-0.25, -0.2) is 19.5 Å². The van der Waals surface area contributed by atoms with Crippen molar-refractivity contribution in [2.24, 2.45) is 0 Å². The number of phosphoric acid groups is 1. The van der Waals surface area contributed by atoms with Crippen molar-refractivity contribution in [3.63, 3.8) is 0 Å². The molecule has 0 radical (unpaired) electrons. The fourth-order valence-electron chi connectivity index (χ4n) is 4.30. The van der Waals surface area contributed by atoms with Crippen LogP contribution in [-0.4, -0.2) is 53.3 Å². The van der Waals surface area contributed by atoms with Gasteiger partial charge in [0, 0.05) is 6.42 Å². The van der Waals surface area contributed by atoms with Gasteiger partial charge in [-0.1, -0.05) is 29.3 Å². The molecule has 6 atom stereocenters. The molecule has 4 N–H and O–H groups in total. The van der Waals surface area contributed by atoms with E-state index in [1.54, 1.807) is 32.0 Å². The quantitative estimate of drug-likeness (QED) is 0.398. The first kappa shape index (κ1) is 25.8. The lowest BCUT2D eigenvalue weighted by Crippen LogP contribution is -2.44. The van der Waals surface area contributed by atoms with Gasteiger partial charge in [0.15, 0.2) is 17.7 Å². The van der Waals surface area contributed by atoms with Crippen molar-refractivity contribution in [2.75, 3.05) is 5.73 Å². The molecule has 3 unspecified atom stereocenters. The van der Waals surface area contributed by atoms with Crippen LogP contribution in [0.15, 0.2) is 30.9 Å². The highest BCUT2D eigenvalue weighted by Crippen LogP contribution is 2.63. The Morgan fingerprint density at radius 2 is 1.97 bits per heavy atom. The largest absolute Gasteiger partial charge is 0.478 e. The molecule has 0 saturated carbocycles. The molecule has 0 bridgehead atoms. The molecule has 36 heavy (non-hydrogen) atoms. The van der Waals surface area contributed by atoms with Gasteiger partial charge in [-0.3, -0.25) is 18.1 Å². The molecule has 5 rings (SSSR count). The third-order valence-electron chi connectivity index (χ3n) is 6.10. The number of aromatic nitrogens is 4. The number of nitrogens with two attached hydrogens (primary N) is 1. The van der Waals surface area contributed by atoms with Crippen molar-refractivity contribution in [3.05, 3.63) is 46.5 Å². The lowest BCUT2D eigenvalue weighted by molar-refractivity contribution is -0.156. The lowest BCUT2D eigenvalue weighted by Gasteiger charge is -2.40. The van der Waals surface area contributed by atoms with Crippen molar-refractivity contribution >= 4 is 48.0 Å². The molecule has 2 aliphatic heterocycles. The Kier molecular flexibility index (Phi) is 6.35. The minimum Gasteiger partial charge on any atom is -0.385 e. The molecule has 3 aromatic rings. The molecule has 2 saturated heterocycles. The van der Waals surface area contributed by atoms with Crippen LogP contribution in [0.3, 0.4) is 0 Å². The maximum absolute atomic E-state index is 13.7. The Labute approximate surface area is 215 Å².